The fraction of sp³-hybridized carbons (Fsp3) is 0.800. The van der Waals surface area contributed by atoms with Crippen molar-refractivity contribution in [1.29, 1.82) is 0 Å². The van der Waals surface area contributed by atoms with E-state index in [2.05, 4.69) is 0 Å². The van der Waals surface area contributed by atoms with Crippen molar-refractivity contribution in [3.63, 3.8) is 0 Å². The number of carbonyl (C=O) groups is 1. The minimum atomic E-state index is -0.457. The van der Waals surface area contributed by atoms with Crippen LogP contribution in [-0.4, -0.2) is 18.0 Å². The summed E-state index contributed by atoms with van der Waals surface area (Å²) in [4.78, 5) is 10.2. The number of ether oxygens (including phenoxy) is 1. The first-order valence-electron chi connectivity index (χ1n) is 2.49. The topological polar surface area (TPSA) is 26.3 Å². The van der Waals surface area contributed by atoms with Crippen molar-refractivity contribution < 1.29 is 9.53 Å². The summed E-state index contributed by atoms with van der Waals surface area (Å²) < 4.78 is 4.82. The van der Waals surface area contributed by atoms with Crippen LogP contribution in [0.15, 0.2) is 0 Å². The molecule has 0 aromatic heterocycles. The van der Waals surface area contributed by atoms with Gasteiger partial charge in [0, 0.05) is 6.61 Å². The summed E-state index contributed by atoms with van der Waals surface area (Å²) in [6.45, 7) is 3.97. The maximum atomic E-state index is 10.2. The van der Waals surface area contributed by atoms with Gasteiger partial charge in [0.05, 0.1) is 0 Å². The fourth-order valence-corrected chi connectivity index (χ4v) is 0.379. The number of halogens is 1. The number of hydrogen-bond acceptors (Lipinski definition) is 2. The lowest BCUT2D eigenvalue weighted by Gasteiger charge is -2.03. The second-order valence-corrected chi connectivity index (χ2v) is 1.77. The van der Waals surface area contributed by atoms with Crippen molar-refractivity contribution in [1.82, 2.24) is 0 Å². The summed E-state index contributed by atoms with van der Waals surface area (Å²) in [6.07, 6.45) is -0.457. The second-order valence-electron chi connectivity index (χ2n) is 1.40. The smallest absolute Gasteiger partial charge is 0.250 e. The minimum absolute atomic E-state index is 0.438. The third-order valence-electron chi connectivity index (χ3n) is 0.736. The highest BCUT2D eigenvalue weighted by atomic mass is 35.5. The molecule has 0 spiro atoms. The van der Waals surface area contributed by atoms with Crippen molar-refractivity contribution in [3.8, 4) is 0 Å². The number of hydrogen-bond donors (Lipinski definition) is 0. The molecule has 0 radical (unpaired) electrons. The van der Waals surface area contributed by atoms with E-state index in [1.54, 1.807) is 6.92 Å². The van der Waals surface area contributed by atoms with E-state index in [1.807, 2.05) is 6.92 Å². The van der Waals surface area contributed by atoms with Gasteiger partial charge in [-0.2, -0.15) is 0 Å². The van der Waals surface area contributed by atoms with E-state index in [1.165, 1.54) is 0 Å². The van der Waals surface area contributed by atoms with Gasteiger partial charge < -0.3 is 4.74 Å². The quantitative estimate of drug-likeness (QED) is 0.545. The molecule has 0 aliphatic carbocycles. The molecule has 2 nitrogen and oxygen atoms in total. The average molecular weight is 137 g/mol. The molecule has 0 aromatic carbocycles. The summed E-state index contributed by atoms with van der Waals surface area (Å²) in [5.74, 6) is 0. The van der Waals surface area contributed by atoms with Gasteiger partial charge >= 0.3 is 0 Å². The molecule has 8 heavy (non-hydrogen) atoms. The van der Waals surface area contributed by atoms with Gasteiger partial charge in [-0.3, -0.25) is 4.79 Å². The van der Waals surface area contributed by atoms with E-state index in [9.17, 15) is 4.79 Å². The molecule has 0 unspecified atom stereocenters. The highest BCUT2D eigenvalue weighted by molar-refractivity contribution is 6.64. The molecule has 0 saturated heterocycles. The summed E-state index contributed by atoms with van der Waals surface area (Å²) in [5.41, 5.74) is 0. The monoisotopic (exact) mass is 136 g/mol. The Bertz CT molecular complexity index is 82.5. The fourth-order valence-electron chi connectivity index (χ4n) is 0.316. The first kappa shape index (κ1) is 7.92. The van der Waals surface area contributed by atoms with Gasteiger partial charge in [-0.25, -0.2) is 0 Å². The Kier molecular flexibility index (Phi) is 3.83. The predicted molar refractivity (Wildman–Crippen MR) is 31.9 cm³/mol. The third kappa shape index (κ3) is 2.99. The Morgan fingerprint density at radius 3 is 2.50 bits per heavy atom. The van der Waals surface area contributed by atoms with E-state index in [4.69, 9.17) is 16.3 Å². The van der Waals surface area contributed by atoms with Crippen molar-refractivity contribution in [3.05, 3.63) is 0 Å². The average Bonchev–Trinajstić information content (AvgIpc) is 1.67. The van der Waals surface area contributed by atoms with E-state index in [-0.39, 0.29) is 0 Å². The van der Waals surface area contributed by atoms with Gasteiger partial charge in [-0.15, -0.1) is 0 Å². The van der Waals surface area contributed by atoms with Crippen LogP contribution in [-0.2, 0) is 9.53 Å². The molecule has 0 fully saturated rings. The van der Waals surface area contributed by atoms with Crippen LogP contribution < -0.4 is 0 Å². The zero-order valence-electron chi connectivity index (χ0n) is 4.98. The highest BCUT2D eigenvalue weighted by Gasteiger charge is 2.06. The number of carbonyl (C=O) groups excluding carboxylic acids is 1. The number of rotatable bonds is 3. The van der Waals surface area contributed by atoms with E-state index in [0.717, 1.165) is 0 Å². The molecule has 3 heteroatoms. The van der Waals surface area contributed by atoms with Crippen molar-refractivity contribution in [2.45, 2.75) is 20.0 Å². The first-order valence-corrected chi connectivity index (χ1v) is 2.87. The standard InChI is InChI=1S/C5H9ClO2/c1-3-8-4(2)5(6)7/h4H,3H2,1-2H3/t4-/m1/s1. The van der Waals surface area contributed by atoms with Gasteiger partial charge in [-0.1, -0.05) is 0 Å². The molecular formula is C5H9ClO2. The van der Waals surface area contributed by atoms with Crippen molar-refractivity contribution in [2.75, 3.05) is 6.61 Å². The van der Waals surface area contributed by atoms with Crippen LogP contribution in [0.1, 0.15) is 13.8 Å². The Hall–Kier alpha value is -0.0800. The molecule has 1 atom stereocenters. The van der Waals surface area contributed by atoms with Crippen molar-refractivity contribution >= 4 is 16.8 Å². The zero-order valence-corrected chi connectivity index (χ0v) is 5.73. The largest absolute Gasteiger partial charge is 0.370 e. The van der Waals surface area contributed by atoms with Gasteiger partial charge in [-0.05, 0) is 25.4 Å². The molecule has 0 rings (SSSR count). The van der Waals surface area contributed by atoms with E-state index < -0.39 is 11.3 Å². The SMILES string of the molecule is CCO[C@H](C)C(=O)Cl. The lowest BCUT2D eigenvalue weighted by atomic mass is 10.4. The van der Waals surface area contributed by atoms with Gasteiger partial charge in [0.25, 0.3) is 0 Å². The van der Waals surface area contributed by atoms with Gasteiger partial charge in [0.2, 0.25) is 5.24 Å². The van der Waals surface area contributed by atoms with Crippen LogP contribution in [0.25, 0.3) is 0 Å². The minimum Gasteiger partial charge on any atom is -0.370 e. The molecule has 0 amide bonds. The molecule has 0 bridgehead atoms. The third-order valence-corrected chi connectivity index (χ3v) is 1.04. The Morgan fingerprint density at radius 2 is 2.38 bits per heavy atom. The van der Waals surface area contributed by atoms with Crippen LogP contribution in [0.2, 0.25) is 0 Å². The first-order chi connectivity index (χ1) is 3.68. The van der Waals surface area contributed by atoms with Crippen molar-refractivity contribution in [2.24, 2.45) is 0 Å². The molecule has 48 valence electrons. The van der Waals surface area contributed by atoms with Gasteiger partial charge in [0.1, 0.15) is 6.10 Å². The zero-order chi connectivity index (χ0) is 6.57. The Balaban J connectivity index is 3.32. The van der Waals surface area contributed by atoms with Crippen LogP contribution in [0, 0.1) is 0 Å². The summed E-state index contributed by atoms with van der Waals surface area (Å²) in [6, 6.07) is 0. The van der Waals surface area contributed by atoms with E-state index in [0.29, 0.717) is 6.61 Å². The van der Waals surface area contributed by atoms with Crippen LogP contribution in [0.5, 0.6) is 0 Å². The van der Waals surface area contributed by atoms with Crippen LogP contribution >= 0.6 is 11.6 Å². The Morgan fingerprint density at radius 1 is 1.88 bits per heavy atom. The highest BCUT2D eigenvalue weighted by Crippen LogP contribution is 1.94. The van der Waals surface area contributed by atoms with E-state index >= 15 is 0 Å². The lowest BCUT2D eigenvalue weighted by molar-refractivity contribution is -0.121. The summed E-state index contributed by atoms with van der Waals surface area (Å²) in [7, 11) is 0. The predicted octanol–water partition coefficient (Wildman–Crippen LogP) is 1.18. The normalized spacial score (nSPS) is 13.4. The van der Waals surface area contributed by atoms with Crippen LogP contribution in [0.4, 0.5) is 0 Å². The maximum Gasteiger partial charge on any atom is 0.250 e. The summed E-state index contributed by atoms with van der Waals surface area (Å²) >= 11 is 5.04. The Labute approximate surface area is 53.8 Å². The summed E-state index contributed by atoms with van der Waals surface area (Å²) in [5, 5.41) is -0.438. The molecule has 0 heterocycles. The van der Waals surface area contributed by atoms with Crippen LogP contribution in [0.3, 0.4) is 0 Å². The molecular weight excluding hydrogens is 128 g/mol. The molecule has 0 saturated carbocycles. The lowest BCUT2D eigenvalue weighted by Crippen LogP contribution is -2.14. The molecule has 0 aromatic rings. The molecule has 0 N–H and O–H groups in total. The molecule has 0 aliphatic heterocycles. The molecule has 0 aliphatic rings. The van der Waals surface area contributed by atoms with Gasteiger partial charge in [0.15, 0.2) is 0 Å². The maximum absolute atomic E-state index is 10.2. The second kappa shape index (κ2) is 3.87.